The van der Waals surface area contributed by atoms with E-state index in [0.29, 0.717) is 12.0 Å². The Balaban J connectivity index is 1.98. The summed E-state index contributed by atoms with van der Waals surface area (Å²) in [6, 6.07) is 0.677. The Bertz CT molecular complexity index is 335. The van der Waals surface area contributed by atoms with Crippen LogP contribution in [0.25, 0.3) is 0 Å². The van der Waals surface area contributed by atoms with Gasteiger partial charge in [0, 0.05) is 38.5 Å². The monoisotopic (exact) mass is 268 g/mol. The lowest BCUT2D eigenvalue weighted by Crippen LogP contribution is -2.57. The van der Waals surface area contributed by atoms with E-state index < -0.39 is 5.97 Å². The highest BCUT2D eigenvalue weighted by atomic mass is 16.4. The summed E-state index contributed by atoms with van der Waals surface area (Å²) in [6.07, 6.45) is 3.44. The minimum Gasteiger partial charge on any atom is -0.481 e. The van der Waals surface area contributed by atoms with Crippen LogP contribution in [0.3, 0.4) is 0 Å². The summed E-state index contributed by atoms with van der Waals surface area (Å²) in [5.41, 5.74) is 0. The Morgan fingerprint density at radius 2 is 2.05 bits per heavy atom. The van der Waals surface area contributed by atoms with Gasteiger partial charge in [-0.3, -0.25) is 14.5 Å². The van der Waals surface area contributed by atoms with Gasteiger partial charge in [0.1, 0.15) is 0 Å². The zero-order valence-electron chi connectivity index (χ0n) is 11.8. The van der Waals surface area contributed by atoms with Crippen molar-refractivity contribution in [1.29, 1.82) is 0 Å². The lowest BCUT2D eigenvalue weighted by Gasteiger charge is -2.48. The molecule has 1 saturated carbocycles. The van der Waals surface area contributed by atoms with Crippen LogP contribution in [0, 0.1) is 11.8 Å². The number of nitrogens with zero attached hydrogens (tertiary/aromatic N) is 1. The molecule has 2 rings (SSSR count). The molecule has 5 nitrogen and oxygen atoms in total. The number of carboxylic acid groups (broad SMARTS) is 1. The van der Waals surface area contributed by atoms with E-state index in [4.69, 9.17) is 5.11 Å². The van der Waals surface area contributed by atoms with E-state index in [1.54, 1.807) is 0 Å². The minimum absolute atomic E-state index is 0.0254. The second-order valence-electron chi connectivity index (χ2n) is 6.17. The van der Waals surface area contributed by atoms with Crippen molar-refractivity contribution in [3.8, 4) is 0 Å². The van der Waals surface area contributed by atoms with Crippen LogP contribution in [-0.2, 0) is 9.59 Å². The van der Waals surface area contributed by atoms with E-state index in [1.807, 2.05) is 0 Å². The van der Waals surface area contributed by atoms with E-state index in [-0.39, 0.29) is 24.3 Å². The van der Waals surface area contributed by atoms with Crippen molar-refractivity contribution in [3.63, 3.8) is 0 Å². The highest BCUT2D eigenvalue weighted by Gasteiger charge is 2.38. The van der Waals surface area contributed by atoms with Gasteiger partial charge in [-0.15, -0.1) is 0 Å². The van der Waals surface area contributed by atoms with Crippen molar-refractivity contribution in [2.75, 3.05) is 13.1 Å². The second-order valence-corrected chi connectivity index (χ2v) is 6.17. The van der Waals surface area contributed by atoms with E-state index in [0.717, 1.165) is 19.5 Å². The molecule has 0 radical (unpaired) electrons. The van der Waals surface area contributed by atoms with Crippen molar-refractivity contribution in [2.24, 2.45) is 11.8 Å². The van der Waals surface area contributed by atoms with Gasteiger partial charge in [-0.05, 0) is 31.1 Å². The predicted molar refractivity (Wildman–Crippen MR) is 71.7 cm³/mol. The van der Waals surface area contributed by atoms with Gasteiger partial charge in [0.2, 0.25) is 5.91 Å². The first-order chi connectivity index (χ1) is 8.95. The normalized spacial score (nSPS) is 35.5. The average Bonchev–Trinajstić information content (AvgIpc) is 2.24. The molecule has 0 aromatic carbocycles. The van der Waals surface area contributed by atoms with Gasteiger partial charge in [0.15, 0.2) is 0 Å². The Labute approximate surface area is 114 Å². The van der Waals surface area contributed by atoms with E-state index in [1.165, 1.54) is 19.8 Å². The van der Waals surface area contributed by atoms with Gasteiger partial charge in [-0.2, -0.15) is 0 Å². The van der Waals surface area contributed by atoms with E-state index in [9.17, 15) is 9.59 Å². The molecular formula is C14H24N2O3. The van der Waals surface area contributed by atoms with Crippen LogP contribution in [0.15, 0.2) is 0 Å². The molecule has 1 aliphatic heterocycles. The van der Waals surface area contributed by atoms with Gasteiger partial charge in [-0.1, -0.05) is 6.92 Å². The summed E-state index contributed by atoms with van der Waals surface area (Å²) in [5, 5.41) is 11.9. The SMILES string of the molecule is CC(=O)NC1CC(CC(=O)O)CN(C2CCC2C)C1. The number of nitrogens with one attached hydrogen (secondary N) is 1. The number of aliphatic carboxylic acids is 1. The summed E-state index contributed by atoms with van der Waals surface area (Å²) >= 11 is 0. The number of carbonyl (C=O) groups is 2. The number of hydrogen-bond acceptors (Lipinski definition) is 3. The van der Waals surface area contributed by atoms with Crippen LogP contribution in [0.2, 0.25) is 0 Å². The third kappa shape index (κ3) is 3.69. The highest BCUT2D eigenvalue weighted by molar-refractivity contribution is 5.73. The maximum atomic E-state index is 11.2. The molecule has 2 aliphatic rings. The van der Waals surface area contributed by atoms with E-state index >= 15 is 0 Å². The minimum atomic E-state index is -0.741. The molecule has 5 heteroatoms. The number of likely N-dealkylation sites (tertiary alicyclic amines) is 1. The first-order valence-electron chi connectivity index (χ1n) is 7.18. The van der Waals surface area contributed by atoms with Crippen molar-refractivity contribution >= 4 is 11.9 Å². The molecule has 0 spiro atoms. The fourth-order valence-electron chi connectivity index (χ4n) is 3.49. The third-order valence-electron chi connectivity index (χ3n) is 4.48. The first-order valence-corrected chi connectivity index (χ1v) is 7.18. The summed E-state index contributed by atoms with van der Waals surface area (Å²) in [4.78, 5) is 24.5. The van der Waals surface area contributed by atoms with Crippen LogP contribution < -0.4 is 5.32 Å². The Hall–Kier alpha value is -1.10. The fourth-order valence-corrected chi connectivity index (χ4v) is 3.49. The van der Waals surface area contributed by atoms with Crippen molar-refractivity contribution in [1.82, 2.24) is 10.2 Å². The molecule has 4 atom stereocenters. The van der Waals surface area contributed by atoms with Gasteiger partial charge in [0.25, 0.3) is 0 Å². The smallest absolute Gasteiger partial charge is 0.303 e. The number of piperidine rings is 1. The molecule has 0 aromatic heterocycles. The highest BCUT2D eigenvalue weighted by Crippen LogP contribution is 2.34. The topological polar surface area (TPSA) is 69.6 Å². The molecule has 1 saturated heterocycles. The lowest BCUT2D eigenvalue weighted by atomic mass is 9.78. The molecule has 1 heterocycles. The molecule has 2 fully saturated rings. The van der Waals surface area contributed by atoms with Gasteiger partial charge >= 0.3 is 5.97 Å². The largest absolute Gasteiger partial charge is 0.481 e. The Kier molecular flexibility index (Phi) is 4.45. The molecule has 1 amide bonds. The lowest BCUT2D eigenvalue weighted by molar-refractivity contribution is -0.138. The predicted octanol–water partition coefficient (Wildman–Crippen LogP) is 1.09. The van der Waals surface area contributed by atoms with Crippen LogP contribution in [0.5, 0.6) is 0 Å². The number of carboxylic acids is 1. The fraction of sp³-hybridized carbons (Fsp3) is 0.857. The van der Waals surface area contributed by atoms with Crippen LogP contribution in [0.4, 0.5) is 0 Å². The number of rotatable bonds is 4. The van der Waals surface area contributed by atoms with Crippen molar-refractivity contribution in [2.45, 2.75) is 51.6 Å². The second kappa shape index (κ2) is 5.90. The van der Waals surface area contributed by atoms with Crippen LogP contribution >= 0.6 is 0 Å². The molecule has 19 heavy (non-hydrogen) atoms. The maximum Gasteiger partial charge on any atom is 0.303 e. The zero-order valence-corrected chi connectivity index (χ0v) is 11.8. The standard InChI is InChI=1S/C14H24N2O3/c1-9-3-4-13(9)16-7-11(6-14(18)19)5-12(8-16)15-10(2)17/h9,11-13H,3-8H2,1-2H3,(H,15,17)(H,18,19). The zero-order chi connectivity index (χ0) is 14.0. The summed E-state index contributed by atoms with van der Waals surface area (Å²) in [5.74, 6) is 0.0788. The first kappa shape index (κ1) is 14.3. The number of amides is 1. The number of carbonyl (C=O) groups excluding carboxylic acids is 1. The molecular weight excluding hydrogens is 244 g/mol. The maximum absolute atomic E-state index is 11.2. The summed E-state index contributed by atoms with van der Waals surface area (Å²) in [7, 11) is 0. The van der Waals surface area contributed by atoms with Crippen LogP contribution in [-0.4, -0.2) is 47.1 Å². The molecule has 0 aromatic rings. The summed E-state index contributed by atoms with van der Waals surface area (Å²) < 4.78 is 0. The van der Waals surface area contributed by atoms with Gasteiger partial charge in [0.05, 0.1) is 0 Å². The summed E-state index contributed by atoms with van der Waals surface area (Å²) in [6.45, 7) is 5.50. The Morgan fingerprint density at radius 1 is 1.32 bits per heavy atom. The van der Waals surface area contributed by atoms with Crippen LogP contribution in [0.1, 0.15) is 39.5 Å². The average molecular weight is 268 g/mol. The molecule has 4 unspecified atom stereocenters. The quantitative estimate of drug-likeness (QED) is 0.800. The molecule has 2 N–H and O–H groups in total. The van der Waals surface area contributed by atoms with Gasteiger partial charge < -0.3 is 10.4 Å². The Morgan fingerprint density at radius 3 is 2.53 bits per heavy atom. The van der Waals surface area contributed by atoms with Crippen molar-refractivity contribution < 1.29 is 14.7 Å². The number of hydrogen-bond donors (Lipinski definition) is 2. The third-order valence-corrected chi connectivity index (χ3v) is 4.48. The van der Waals surface area contributed by atoms with Crippen molar-refractivity contribution in [3.05, 3.63) is 0 Å². The molecule has 1 aliphatic carbocycles. The van der Waals surface area contributed by atoms with Gasteiger partial charge in [-0.25, -0.2) is 0 Å². The van der Waals surface area contributed by atoms with E-state index in [2.05, 4.69) is 17.1 Å². The molecule has 0 bridgehead atoms. The molecule has 108 valence electrons.